The summed E-state index contributed by atoms with van der Waals surface area (Å²) < 4.78 is 33.5. The second-order valence-corrected chi connectivity index (χ2v) is 8.70. The third-order valence-electron chi connectivity index (χ3n) is 5.44. The second-order valence-electron chi connectivity index (χ2n) is 8.06. The quantitative estimate of drug-likeness (QED) is 0.393. The molecule has 9 nitrogen and oxygen atoms in total. The van der Waals surface area contributed by atoms with Gasteiger partial charge in [-0.15, -0.1) is 0 Å². The Morgan fingerprint density at radius 3 is 2.59 bits per heavy atom. The van der Waals surface area contributed by atoms with Crippen LogP contribution in [0, 0.1) is 11.6 Å². The van der Waals surface area contributed by atoms with Gasteiger partial charge in [-0.3, -0.25) is 9.89 Å². The first-order chi connectivity index (χ1) is 17.5. The number of allylic oxidation sites excluding steroid dienone is 2. The number of alkyl halides is 1. The van der Waals surface area contributed by atoms with E-state index in [2.05, 4.69) is 10.2 Å². The highest BCUT2D eigenvalue weighted by Gasteiger charge is 2.46. The molecular formula is C25H22ClF2N3O6. The Morgan fingerprint density at radius 2 is 2.00 bits per heavy atom. The molecule has 2 heterocycles. The zero-order valence-corrected chi connectivity index (χ0v) is 20.2. The number of H-pyrrole nitrogens is 1. The number of nitrogens with zero attached hydrogens (tertiary/aromatic N) is 2. The minimum atomic E-state index is -2.11. The molecule has 0 bridgehead atoms. The predicted octanol–water partition coefficient (Wildman–Crippen LogP) is 3.85. The van der Waals surface area contributed by atoms with Crippen molar-refractivity contribution in [3.63, 3.8) is 0 Å². The Kier molecular flexibility index (Phi) is 8.61. The molecule has 3 aromatic rings. The van der Waals surface area contributed by atoms with Crippen LogP contribution < -0.4 is 5.56 Å². The first kappa shape index (κ1) is 27.3. The van der Waals surface area contributed by atoms with Crippen LogP contribution >= 0.6 is 11.6 Å². The van der Waals surface area contributed by atoms with Gasteiger partial charge in [0.25, 0.3) is 5.56 Å². The summed E-state index contributed by atoms with van der Waals surface area (Å²) >= 11 is 6.07. The number of carbonyl (C=O) groups is 2. The molecule has 194 valence electrons. The van der Waals surface area contributed by atoms with Crippen molar-refractivity contribution >= 4 is 23.5 Å². The zero-order chi connectivity index (χ0) is 27.2. The molecule has 0 spiro atoms. The Hall–Kier alpha value is -4.25. The van der Waals surface area contributed by atoms with Gasteiger partial charge in [-0.1, -0.05) is 17.7 Å². The van der Waals surface area contributed by atoms with Crippen molar-refractivity contribution in [3.05, 3.63) is 111 Å². The van der Waals surface area contributed by atoms with E-state index >= 15 is 0 Å². The highest BCUT2D eigenvalue weighted by Crippen LogP contribution is 2.39. The van der Waals surface area contributed by atoms with E-state index in [-0.39, 0.29) is 34.6 Å². The van der Waals surface area contributed by atoms with E-state index in [1.807, 2.05) is 6.07 Å². The molecule has 1 aromatic carbocycles. The lowest BCUT2D eigenvalue weighted by atomic mass is 9.87. The summed E-state index contributed by atoms with van der Waals surface area (Å²) in [5.41, 5.74) is 1.15. The highest BCUT2D eigenvalue weighted by atomic mass is 35.5. The summed E-state index contributed by atoms with van der Waals surface area (Å²) in [6, 6.07) is 7.98. The highest BCUT2D eigenvalue weighted by molar-refractivity contribution is 6.36. The maximum absolute atomic E-state index is 13.6. The maximum Gasteiger partial charge on any atom is 0.332 e. The number of carboxylic acids is 2. The number of benzene rings is 1. The molecule has 0 fully saturated rings. The Labute approximate surface area is 214 Å². The van der Waals surface area contributed by atoms with Crippen LogP contribution in [0.5, 0.6) is 0 Å². The third kappa shape index (κ3) is 6.70. The van der Waals surface area contributed by atoms with Gasteiger partial charge in [0.05, 0.1) is 12.7 Å². The third-order valence-corrected chi connectivity index (χ3v) is 5.92. The van der Waals surface area contributed by atoms with Crippen molar-refractivity contribution in [2.45, 2.75) is 31.4 Å². The van der Waals surface area contributed by atoms with Gasteiger partial charge < -0.3 is 19.5 Å². The Bertz CT molecular complexity index is 1420. The molecule has 37 heavy (non-hydrogen) atoms. The minimum absolute atomic E-state index is 0.00343. The molecule has 0 saturated heterocycles. The summed E-state index contributed by atoms with van der Waals surface area (Å²) in [5, 5.41) is 25.0. The smallest absolute Gasteiger partial charge is 0.332 e. The van der Waals surface area contributed by atoms with Crippen molar-refractivity contribution in [1.82, 2.24) is 14.8 Å². The average Bonchev–Trinajstić information content (AvgIpc) is 3.35. The number of halogens is 3. The first-order valence-corrected chi connectivity index (χ1v) is 11.2. The van der Waals surface area contributed by atoms with Crippen LogP contribution in [0.1, 0.15) is 24.5 Å². The number of ether oxygens (including phenoxy) is 1. The molecule has 3 N–H and O–H groups in total. The van der Waals surface area contributed by atoms with Gasteiger partial charge in [-0.2, -0.15) is 5.10 Å². The molecule has 0 radical (unpaired) electrons. The number of hydrogen-bond donors (Lipinski definition) is 3. The molecule has 2 aromatic heterocycles. The van der Waals surface area contributed by atoms with Gasteiger partial charge in [0, 0.05) is 47.6 Å². The molecule has 1 atom stereocenters. The predicted molar refractivity (Wildman–Crippen MR) is 129 cm³/mol. The number of aromatic amines is 1. The fourth-order valence-corrected chi connectivity index (χ4v) is 3.64. The number of carboxylic acid groups (broad SMARTS) is 2. The van der Waals surface area contributed by atoms with Gasteiger partial charge in [0.15, 0.2) is 0 Å². The van der Waals surface area contributed by atoms with Crippen molar-refractivity contribution < 1.29 is 33.3 Å². The normalized spacial score (nSPS) is 16.9. The van der Waals surface area contributed by atoms with Gasteiger partial charge in [0.2, 0.25) is 4.87 Å². The molecule has 12 heteroatoms. The molecule has 0 aliphatic heterocycles. The van der Waals surface area contributed by atoms with Crippen LogP contribution in [0.4, 0.5) is 8.78 Å². The van der Waals surface area contributed by atoms with Crippen molar-refractivity contribution in [2.75, 3.05) is 0 Å². The summed E-state index contributed by atoms with van der Waals surface area (Å²) in [4.78, 5) is 31.8. The number of nitrogens with one attached hydrogen (secondary N) is 1. The van der Waals surface area contributed by atoms with Crippen LogP contribution in [-0.2, 0) is 27.5 Å². The number of aromatic nitrogens is 3. The second kappa shape index (κ2) is 11.7. The number of rotatable bonds is 7. The van der Waals surface area contributed by atoms with E-state index in [4.69, 9.17) is 21.4 Å². The summed E-state index contributed by atoms with van der Waals surface area (Å²) in [6.45, 7) is 1.66. The lowest BCUT2D eigenvalue weighted by Gasteiger charge is -2.29. The fourth-order valence-electron chi connectivity index (χ4n) is 3.40. The largest absolute Gasteiger partial charge is 0.491 e. The van der Waals surface area contributed by atoms with Crippen LogP contribution in [-0.4, -0.2) is 41.8 Å². The van der Waals surface area contributed by atoms with E-state index in [0.717, 1.165) is 17.7 Å². The SMILES string of the molecule is CC1=C(C(=O)O)CC(Cl)(C(=O)O)C(OCc2ccc(F)cc2F)=C1.O=c1ccccn1Cc1cn[nH]c1. The standard InChI is InChI=1S/C16H13ClF2O5.C9H9N3O/c1-8-4-13(16(17,15(22)23)6-11(8)14(20)21)24-7-9-2-3-10(18)5-12(9)19;13-9-3-1-2-4-12(9)7-8-5-10-11-6-8/h2-5H,6-7H2,1H3,(H,20,21)(H,22,23);1-6H,7H2,(H,10,11). The molecule has 4 rings (SSSR count). The zero-order valence-electron chi connectivity index (χ0n) is 19.5. The monoisotopic (exact) mass is 533 g/mol. The molecule has 0 amide bonds. The number of pyridine rings is 1. The fraction of sp³-hybridized carbons (Fsp3) is 0.200. The van der Waals surface area contributed by atoms with Gasteiger partial charge in [-0.25, -0.2) is 18.4 Å². The van der Waals surface area contributed by atoms with Crippen molar-refractivity contribution in [3.8, 4) is 0 Å². The molecule has 1 aliphatic carbocycles. The maximum atomic E-state index is 13.6. The lowest BCUT2D eigenvalue weighted by molar-refractivity contribution is -0.140. The average molecular weight is 534 g/mol. The van der Waals surface area contributed by atoms with E-state index in [9.17, 15) is 28.3 Å². The van der Waals surface area contributed by atoms with E-state index < -0.39 is 34.9 Å². The number of aliphatic carboxylic acids is 2. The molecular weight excluding hydrogens is 512 g/mol. The molecule has 0 saturated carbocycles. The van der Waals surface area contributed by atoms with Crippen molar-refractivity contribution in [2.24, 2.45) is 0 Å². The Morgan fingerprint density at radius 1 is 1.24 bits per heavy atom. The van der Waals surface area contributed by atoms with Gasteiger partial charge in [0.1, 0.15) is 24.0 Å². The number of hydrogen-bond acceptors (Lipinski definition) is 5. The molecule has 1 aliphatic rings. The van der Waals surface area contributed by atoms with Crippen LogP contribution in [0.2, 0.25) is 0 Å². The van der Waals surface area contributed by atoms with Gasteiger partial charge >= 0.3 is 11.9 Å². The van der Waals surface area contributed by atoms with Crippen LogP contribution in [0.25, 0.3) is 0 Å². The lowest BCUT2D eigenvalue weighted by Crippen LogP contribution is -2.39. The minimum Gasteiger partial charge on any atom is -0.491 e. The Balaban J connectivity index is 0.000000244. The van der Waals surface area contributed by atoms with E-state index in [1.165, 1.54) is 13.0 Å². The van der Waals surface area contributed by atoms with Crippen LogP contribution in [0.15, 0.2) is 82.8 Å². The summed E-state index contributed by atoms with van der Waals surface area (Å²) in [5.74, 6) is -4.57. The molecule has 1 unspecified atom stereocenters. The summed E-state index contributed by atoms with van der Waals surface area (Å²) in [7, 11) is 0. The topological polar surface area (TPSA) is 135 Å². The summed E-state index contributed by atoms with van der Waals surface area (Å²) in [6.07, 6.45) is 5.96. The van der Waals surface area contributed by atoms with Crippen LogP contribution in [0.3, 0.4) is 0 Å². The van der Waals surface area contributed by atoms with Crippen molar-refractivity contribution in [1.29, 1.82) is 0 Å². The van der Waals surface area contributed by atoms with Gasteiger partial charge in [-0.05, 0) is 36.8 Å². The van der Waals surface area contributed by atoms with E-state index in [0.29, 0.717) is 12.6 Å². The first-order valence-electron chi connectivity index (χ1n) is 10.8. The van der Waals surface area contributed by atoms with E-state index in [1.54, 1.807) is 35.3 Å².